The number of aromatic nitrogens is 1. The Kier molecular flexibility index (Phi) is 2.68. The summed E-state index contributed by atoms with van der Waals surface area (Å²) in [5.41, 5.74) is 3.00. The Labute approximate surface area is 139 Å². The van der Waals surface area contributed by atoms with Crippen LogP contribution in [0.4, 0.5) is 0 Å². The van der Waals surface area contributed by atoms with E-state index in [0.29, 0.717) is 5.75 Å². The molecule has 0 radical (unpaired) electrons. The molecular formula is C19H19NO4. The summed E-state index contributed by atoms with van der Waals surface area (Å²) >= 11 is 0. The molecule has 5 rings (SSSR count). The molecule has 5 heteroatoms. The van der Waals surface area contributed by atoms with Crippen LogP contribution in [0, 0.1) is 0 Å². The van der Waals surface area contributed by atoms with E-state index in [1.165, 1.54) is 0 Å². The van der Waals surface area contributed by atoms with E-state index < -0.39 is 24.1 Å². The van der Waals surface area contributed by atoms with E-state index >= 15 is 0 Å². The van der Waals surface area contributed by atoms with Gasteiger partial charge < -0.3 is 24.3 Å². The van der Waals surface area contributed by atoms with E-state index in [1.807, 2.05) is 32.0 Å². The lowest BCUT2D eigenvalue weighted by molar-refractivity contribution is -0.103. The fourth-order valence-electron chi connectivity index (χ4n) is 4.11. The Morgan fingerprint density at radius 1 is 1.21 bits per heavy atom. The maximum absolute atomic E-state index is 10.9. The third-order valence-corrected chi connectivity index (χ3v) is 5.24. The molecule has 5 nitrogen and oxygen atoms in total. The summed E-state index contributed by atoms with van der Waals surface area (Å²) in [4.78, 5) is 3.42. The number of ether oxygens (including phenoxy) is 3. The lowest BCUT2D eigenvalue weighted by Crippen LogP contribution is -2.38. The van der Waals surface area contributed by atoms with Gasteiger partial charge in [-0.05, 0) is 26.0 Å². The molecule has 0 amide bonds. The first kappa shape index (κ1) is 14.3. The number of nitrogens with one attached hydrogen (secondary N) is 1. The Morgan fingerprint density at radius 2 is 2.00 bits per heavy atom. The molecule has 124 valence electrons. The van der Waals surface area contributed by atoms with Crippen molar-refractivity contribution in [2.45, 2.75) is 37.9 Å². The first-order valence-corrected chi connectivity index (χ1v) is 8.14. The normalized spacial score (nSPS) is 27.6. The summed E-state index contributed by atoms with van der Waals surface area (Å²) in [6.07, 6.45) is -1.68. The second-order valence-corrected chi connectivity index (χ2v) is 7.06. The summed E-state index contributed by atoms with van der Waals surface area (Å²) in [7, 11) is 1.64. The number of aromatic amines is 1. The largest absolute Gasteiger partial charge is 0.494 e. The van der Waals surface area contributed by atoms with Crippen molar-refractivity contribution in [2.75, 3.05) is 7.11 Å². The lowest BCUT2D eigenvalue weighted by Gasteiger charge is -2.31. The number of fused-ring (bicyclic) bond motifs is 7. The van der Waals surface area contributed by atoms with Gasteiger partial charge in [-0.25, -0.2) is 0 Å². The molecule has 2 N–H and O–H groups in total. The maximum atomic E-state index is 10.9. The van der Waals surface area contributed by atoms with Crippen molar-refractivity contribution in [1.29, 1.82) is 0 Å². The van der Waals surface area contributed by atoms with Crippen LogP contribution in [0.25, 0.3) is 21.8 Å². The van der Waals surface area contributed by atoms with Crippen molar-refractivity contribution >= 4 is 21.8 Å². The Bertz CT molecular complexity index is 974. The highest BCUT2D eigenvalue weighted by molar-refractivity contribution is 6.10. The molecule has 0 aliphatic carbocycles. The molecule has 0 unspecified atom stereocenters. The van der Waals surface area contributed by atoms with Gasteiger partial charge in [0.25, 0.3) is 0 Å². The standard InChI is InChI=1S/C19H19NO4/c1-19(2)17-15(21)13-11(18(23-17)24-19)8-10-9-6-4-5-7-12(9)20-14(10)16(13)22-3/h4-8,15,17-18,20-21H,1-3H3/t15-,17+,18-/m0/s1. The molecule has 24 heavy (non-hydrogen) atoms. The molecule has 3 heterocycles. The minimum atomic E-state index is -0.792. The minimum absolute atomic E-state index is 0.411. The van der Waals surface area contributed by atoms with Gasteiger partial charge in [0.15, 0.2) is 6.29 Å². The molecule has 2 aromatic carbocycles. The van der Waals surface area contributed by atoms with Crippen molar-refractivity contribution in [1.82, 2.24) is 4.98 Å². The van der Waals surface area contributed by atoms with Crippen molar-refractivity contribution < 1.29 is 19.3 Å². The van der Waals surface area contributed by atoms with Crippen molar-refractivity contribution in [3.63, 3.8) is 0 Å². The molecular weight excluding hydrogens is 306 g/mol. The van der Waals surface area contributed by atoms with Gasteiger partial charge in [0, 0.05) is 27.4 Å². The molecule has 2 bridgehead atoms. The molecule has 1 fully saturated rings. The molecule has 2 aliphatic rings. The van der Waals surface area contributed by atoms with Crippen LogP contribution in [0.3, 0.4) is 0 Å². The second-order valence-electron chi connectivity index (χ2n) is 7.06. The molecule has 1 aromatic heterocycles. The zero-order valence-electron chi connectivity index (χ0n) is 13.8. The van der Waals surface area contributed by atoms with E-state index in [-0.39, 0.29) is 0 Å². The number of para-hydroxylation sites is 1. The maximum Gasteiger partial charge on any atom is 0.185 e. The van der Waals surface area contributed by atoms with Crippen LogP contribution in [0.5, 0.6) is 5.75 Å². The van der Waals surface area contributed by atoms with Crippen molar-refractivity contribution in [2.24, 2.45) is 0 Å². The average molecular weight is 325 g/mol. The third kappa shape index (κ3) is 1.64. The Balaban J connectivity index is 1.88. The lowest BCUT2D eigenvalue weighted by atomic mass is 9.88. The summed E-state index contributed by atoms with van der Waals surface area (Å²) in [6, 6.07) is 10.2. The smallest absolute Gasteiger partial charge is 0.185 e. The number of benzene rings is 2. The predicted octanol–water partition coefficient (Wildman–Crippen LogP) is 3.57. The van der Waals surface area contributed by atoms with E-state index in [1.54, 1.807) is 7.11 Å². The molecule has 0 saturated carbocycles. The van der Waals surface area contributed by atoms with Crippen molar-refractivity contribution in [3.8, 4) is 5.75 Å². The zero-order chi connectivity index (χ0) is 16.6. The van der Waals surface area contributed by atoms with Crippen LogP contribution in [0.15, 0.2) is 30.3 Å². The summed E-state index contributed by atoms with van der Waals surface area (Å²) in [6.45, 7) is 3.89. The van der Waals surface area contributed by atoms with Crippen LogP contribution in [0.1, 0.15) is 37.4 Å². The summed E-state index contributed by atoms with van der Waals surface area (Å²) < 4.78 is 17.7. The summed E-state index contributed by atoms with van der Waals surface area (Å²) in [5, 5.41) is 13.1. The van der Waals surface area contributed by atoms with Crippen LogP contribution < -0.4 is 4.74 Å². The van der Waals surface area contributed by atoms with Gasteiger partial charge in [-0.15, -0.1) is 0 Å². The van der Waals surface area contributed by atoms with Gasteiger partial charge >= 0.3 is 0 Å². The Hall–Kier alpha value is -2.08. The highest BCUT2D eigenvalue weighted by Crippen LogP contribution is 2.54. The number of hydrogen-bond acceptors (Lipinski definition) is 4. The number of H-pyrrole nitrogens is 1. The predicted molar refractivity (Wildman–Crippen MR) is 90.1 cm³/mol. The molecule has 3 aromatic rings. The van der Waals surface area contributed by atoms with Gasteiger partial charge in [-0.3, -0.25) is 0 Å². The highest BCUT2D eigenvalue weighted by Gasteiger charge is 2.53. The van der Waals surface area contributed by atoms with Gasteiger partial charge in [0.05, 0.1) is 18.2 Å². The third-order valence-electron chi connectivity index (χ3n) is 5.24. The monoisotopic (exact) mass is 325 g/mol. The molecule has 2 aliphatic heterocycles. The summed E-state index contributed by atoms with van der Waals surface area (Å²) in [5.74, 6) is 0.672. The topological polar surface area (TPSA) is 63.7 Å². The van der Waals surface area contributed by atoms with Crippen LogP contribution in [-0.4, -0.2) is 28.9 Å². The van der Waals surface area contributed by atoms with Crippen LogP contribution in [-0.2, 0) is 9.47 Å². The number of aliphatic hydroxyl groups excluding tert-OH is 1. The van der Waals surface area contributed by atoms with Gasteiger partial charge in [0.1, 0.15) is 18.0 Å². The Morgan fingerprint density at radius 3 is 2.79 bits per heavy atom. The van der Waals surface area contributed by atoms with Gasteiger partial charge in [-0.2, -0.15) is 0 Å². The SMILES string of the molecule is COc1c2c(cc3c1[nH]c1ccccc13)[C@H]1O[C@H]([C@H]2O)C(C)(C)O1. The number of hydrogen-bond donors (Lipinski definition) is 2. The fraction of sp³-hybridized carbons (Fsp3) is 0.368. The van der Waals surface area contributed by atoms with E-state index in [4.69, 9.17) is 14.2 Å². The van der Waals surface area contributed by atoms with Gasteiger partial charge in [-0.1, -0.05) is 18.2 Å². The second kappa shape index (κ2) is 4.51. The first-order valence-electron chi connectivity index (χ1n) is 8.14. The number of methoxy groups -OCH3 is 1. The quantitative estimate of drug-likeness (QED) is 0.718. The van der Waals surface area contributed by atoms with E-state index in [9.17, 15) is 5.11 Å². The van der Waals surface area contributed by atoms with E-state index in [0.717, 1.165) is 32.9 Å². The highest BCUT2D eigenvalue weighted by atomic mass is 16.7. The molecule has 0 spiro atoms. The average Bonchev–Trinajstić information content (AvgIpc) is 3.06. The van der Waals surface area contributed by atoms with Gasteiger partial charge in [0.2, 0.25) is 0 Å². The minimum Gasteiger partial charge on any atom is -0.494 e. The zero-order valence-corrected chi connectivity index (χ0v) is 13.8. The number of rotatable bonds is 1. The van der Waals surface area contributed by atoms with Crippen molar-refractivity contribution in [3.05, 3.63) is 41.5 Å². The first-order chi connectivity index (χ1) is 11.5. The molecule has 3 atom stereocenters. The van der Waals surface area contributed by atoms with Crippen LogP contribution in [0.2, 0.25) is 0 Å². The van der Waals surface area contributed by atoms with Crippen LogP contribution >= 0.6 is 0 Å². The fourth-order valence-corrected chi connectivity index (χ4v) is 4.11. The number of aliphatic hydroxyl groups is 1. The molecule has 1 saturated heterocycles. The van der Waals surface area contributed by atoms with E-state index in [2.05, 4.69) is 17.1 Å².